The summed E-state index contributed by atoms with van der Waals surface area (Å²) >= 11 is 6.12. The van der Waals surface area contributed by atoms with E-state index >= 15 is 0 Å². The van der Waals surface area contributed by atoms with Gasteiger partial charge in [0.25, 0.3) is 0 Å². The first-order valence-electron chi connectivity index (χ1n) is 6.05. The smallest absolute Gasteiger partial charge is 0.136 e. The van der Waals surface area contributed by atoms with Gasteiger partial charge in [-0.2, -0.15) is 0 Å². The van der Waals surface area contributed by atoms with E-state index in [1.165, 1.54) is 11.9 Å². The maximum atomic E-state index is 6.12. The van der Waals surface area contributed by atoms with E-state index in [0.29, 0.717) is 5.15 Å². The second kappa shape index (κ2) is 4.58. The van der Waals surface area contributed by atoms with Gasteiger partial charge in [-0.25, -0.2) is 9.97 Å². The molecule has 1 aromatic heterocycles. The average Bonchev–Trinajstić information content (AvgIpc) is 2.85. The Morgan fingerprint density at radius 3 is 3.06 bits per heavy atom. The van der Waals surface area contributed by atoms with E-state index in [2.05, 4.69) is 23.0 Å². The zero-order chi connectivity index (χ0) is 12.5. The first-order chi connectivity index (χ1) is 8.79. The van der Waals surface area contributed by atoms with Crippen molar-refractivity contribution in [3.8, 4) is 17.0 Å². The molecule has 1 aromatic carbocycles. The minimum absolute atomic E-state index is 0.541. The standard InChI is InChI=1S/C14H13ClN2O/c1-2-11-13(16-8-17-14(11)15)10-3-4-12-9(7-10)5-6-18-12/h3-4,7-8H,2,5-6H2,1H3. The Morgan fingerprint density at radius 1 is 1.33 bits per heavy atom. The van der Waals surface area contributed by atoms with Gasteiger partial charge >= 0.3 is 0 Å². The summed E-state index contributed by atoms with van der Waals surface area (Å²) in [6, 6.07) is 6.18. The van der Waals surface area contributed by atoms with Gasteiger partial charge < -0.3 is 4.74 Å². The van der Waals surface area contributed by atoms with Crippen molar-refractivity contribution in [1.29, 1.82) is 0 Å². The third-order valence-electron chi connectivity index (χ3n) is 3.21. The molecule has 0 unspecified atom stereocenters. The van der Waals surface area contributed by atoms with Gasteiger partial charge in [-0.15, -0.1) is 0 Å². The maximum Gasteiger partial charge on any atom is 0.136 e. The molecule has 4 heteroatoms. The summed E-state index contributed by atoms with van der Waals surface area (Å²) in [4.78, 5) is 8.41. The summed E-state index contributed by atoms with van der Waals surface area (Å²) in [7, 11) is 0. The molecule has 0 fully saturated rings. The SMILES string of the molecule is CCc1c(Cl)ncnc1-c1ccc2c(c1)CCO2. The van der Waals surface area contributed by atoms with Crippen molar-refractivity contribution >= 4 is 11.6 Å². The highest BCUT2D eigenvalue weighted by atomic mass is 35.5. The van der Waals surface area contributed by atoms with E-state index in [-0.39, 0.29) is 0 Å². The highest BCUT2D eigenvalue weighted by molar-refractivity contribution is 6.30. The first-order valence-corrected chi connectivity index (χ1v) is 6.43. The number of halogens is 1. The lowest BCUT2D eigenvalue weighted by atomic mass is 10.0. The van der Waals surface area contributed by atoms with Crippen LogP contribution in [0.2, 0.25) is 5.15 Å². The van der Waals surface area contributed by atoms with Crippen LogP contribution in [-0.2, 0) is 12.8 Å². The molecule has 1 aliphatic rings. The minimum atomic E-state index is 0.541. The Hall–Kier alpha value is -1.61. The number of ether oxygens (including phenoxy) is 1. The molecular formula is C14H13ClN2O. The van der Waals surface area contributed by atoms with Crippen LogP contribution in [0.15, 0.2) is 24.5 Å². The number of hydrogen-bond acceptors (Lipinski definition) is 3. The normalized spacial score (nSPS) is 13.2. The van der Waals surface area contributed by atoms with Gasteiger partial charge in [0.15, 0.2) is 0 Å². The van der Waals surface area contributed by atoms with Crippen LogP contribution in [-0.4, -0.2) is 16.6 Å². The topological polar surface area (TPSA) is 35.0 Å². The number of fused-ring (bicyclic) bond motifs is 1. The van der Waals surface area contributed by atoms with Crippen LogP contribution in [0.5, 0.6) is 5.75 Å². The second-order valence-electron chi connectivity index (χ2n) is 4.27. The van der Waals surface area contributed by atoms with Crippen molar-refractivity contribution in [2.45, 2.75) is 19.8 Å². The average molecular weight is 261 g/mol. The Morgan fingerprint density at radius 2 is 2.22 bits per heavy atom. The fraction of sp³-hybridized carbons (Fsp3) is 0.286. The molecule has 0 saturated carbocycles. The van der Waals surface area contributed by atoms with Crippen molar-refractivity contribution in [3.63, 3.8) is 0 Å². The van der Waals surface area contributed by atoms with Crippen LogP contribution < -0.4 is 4.74 Å². The number of rotatable bonds is 2. The molecule has 3 nitrogen and oxygen atoms in total. The van der Waals surface area contributed by atoms with Gasteiger partial charge in [0.1, 0.15) is 17.2 Å². The largest absolute Gasteiger partial charge is 0.493 e. The van der Waals surface area contributed by atoms with Gasteiger partial charge in [0, 0.05) is 17.5 Å². The van der Waals surface area contributed by atoms with Crippen molar-refractivity contribution in [1.82, 2.24) is 9.97 Å². The Kier molecular flexibility index (Phi) is 2.92. The fourth-order valence-electron chi connectivity index (χ4n) is 2.29. The van der Waals surface area contributed by atoms with Gasteiger partial charge in [-0.1, -0.05) is 18.5 Å². The van der Waals surface area contributed by atoms with Gasteiger partial charge in [-0.05, 0) is 30.2 Å². The maximum absolute atomic E-state index is 6.12. The Balaban J connectivity index is 2.12. The zero-order valence-corrected chi connectivity index (χ0v) is 10.9. The van der Waals surface area contributed by atoms with Crippen LogP contribution in [0.3, 0.4) is 0 Å². The van der Waals surface area contributed by atoms with Crippen LogP contribution in [0.25, 0.3) is 11.3 Å². The highest BCUT2D eigenvalue weighted by Gasteiger charge is 2.15. The number of aromatic nitrogens is 2. The number of benzene rings is 1. The fourth-order valence-corrected chi connectivity index (χ4v) is 2.55. The minimum Gasteiger partial charge on any atom is -0.493 e. The van der Waals surface area contributed by atoms with Gasteiger partial charge in [0.2, 0.25) is 0 Å². The summed E-state index contributed by atoms with van der Waals surface area (Å²) in [6.45, 7) is 2.83. The lowest BCUT2D eigenvalue weighted by molar-refractivity contribution is 0.357. The Labute approximate surface area is 111 Å². The van der Waals surface area contributed by atoms with Crippen molar-refractivity contribution < 1.29 is 4.74 Å². The summed E-state index contributed by atoms with van der Waals surface area (Å²) in [5.74, 6) is 0.983. The monoisotopic (exact) mass is 260 g/mol. The van der Waals surface area contributed by atoms with E-state index < -0.39 is 0 Å². The molecule has 0 saturated heterocycles. The quantitative estimate of drug-likeness (QED) is 0.777. The van der Waals surface area contributed by atoms with Gasteiger partial charge in [0.05, 0.1) is 12.3 Å². The molecule has 0 N–H and O–H groups in total. The molecule has 92 valence electrons. The second-order valence-corrected chi connectivity index (χ2v) is 4.62. The zero-order valence-electron chi connectivity index (χ0n) is 10.1. The third-order valence-corrected chi connectivity index (χ3v) is 3.53. The van der Waals surface area contributed by atoms with Crippen molar-refractivity contribution in [3.05, 3.63) is 40.8 Å². The van der Waals surface area contributed by atoms with Crippen molar-refractivity contribution in [2.75, 3.05) is 6.61 Å². The molecule has 18 heavy (non-hydrogen) atoms. The molecular weight excluding hydrogens is 248 g/mol. The molecule has 2 aromatic rings. The van der Waals surface area contributed by atoms with Crippen LogP contribution in [0.1, 0.15) is 18.1 Å². The van der Waals surface area contributed by atoms with E-state index in [9.17, 15) is 0 Å². The molecule has 0 amide bonds. The summed E-state index contributed by atoms with van der Waals surface area (Å²) in [5, 5.41) is 0.541. The van der Waals surface area contributed by atoms with E-state index in [1.54, 1.807) is 0 Å². The van der Waals surface area contributed by atoms with E-state index in [1.807, 2.05) is 12.1 Å². The molecule has 0 aliphatic carbocycles. The first kappa shape index (κ1) is 11.5. The molecule has 1 aliphatic heterocycles. The number of nitrogens with zero attached hydrogens (tertiary/aromatic N) is 2. The summed E-state index contributed by atoms with van der Waals surface area (Å²) in [6.07, 6.45) is 3.30. The molecule has 0 atom stereocenters. The van der Waals surface area contributed by atoms with E-state index in [4.69, 9.17) is 16.3 Å². The van der Waals surface area contributed by atoms with Crippen LogP contribution >= 0.6 is 11.6 Å². The number of hydrogen-bond donors (Lipinski definition) is 0. The van der Waals surface area contributed by atoms with Crippen molar-refractivity contribution in [2.24, 2.45) is 0 Å². The van der Waals surface area contributed by atoms with Crippen LogP contribution in [0.4, 0.5) is 0 Å². The Bertz CT molecular complexity index is 598. The van der Waals surface area contributed by atoms with Crippen LogP contribution in [0, 0.1) is 0 Å². The lowest BCUT2D eigenvalue weighted by Crippen LogP contribution is -1.95. The van der Waals surface area contributed by atoms with Gasteiger partial charge in [-0.3, -0.25) is 0 Å². The predicted octanol–water partition coefficient (Wildman–Crippen LogP) is 3.29. The summed E-state index contributed by atoms with van der Waals surface area (Å²) < 4.78 is 5.51. The third kappa shape index (κ3) is 1.85. The highest BCUT2D eigenvalue weighted by Crippen LogP contribution is 2.32. The molecule has 3 rings (SSSR count). The molecule has 0 radical (unpaired) electrons. The summed E-state index contributed by atoms with van der Waals surface area (Å²) in [5.41, 5.74) is 4.25. The molecule has 0 bridgehead atoms. The molecule has 2 heterocycles. The lowest BCUT2D eigenvalue weighted by Gasteiger charge is -2.09. The van der Waals surface area contributed by atoms with E-state index in [0.717, 1.165) is 42.0 Å². The molecule has 0 spiro atoms. The predicted molar refractivity (Wildman–Crippen MR) is 71.1 cm³/mol.